The van der Waals surface area contributed by atoms with Gasteiger partial charge in [0.2, 0.25) is 0 Å². The van der Waals surface area contributed by atoms with Gasteiger partial charge in [0.05, 0.1) is 0 Å². The maximum absolute atomic E-state index is 9.61. The van der Waals surface area contributed by atoms with E-state index in [1.807, 2.05) is 4.90 Å². The van der Waals surface area contributed by atoms with Crippen molar-refractivity contribution < 1.29 is 10.2 Å². The summed E-state index contributed by atoms with van der Waals surface area (Å²) in [5.41, 5.74) is 4.40. The topological polar surface area (TPSA) is 69.7 Å². The molecule has 158 valence electrons. The van der Waals surface area contributed by atoms with Crippen molar-refractivity contribution >= 4 is 53.6 Å². The minimum atomic E-state index is -0.500. The molecule has 0 fully saturated rings. The van der Waals surface area contributed by atoms with Crippen LogP contribution < -0.4 is 5.73 Å². The molecule has 0 radical (unpaired) electrons. The Bertz CT molecular complexity index is 313. The molecule has 0 aromatic heterocycles. The Hall–Kier alpha value is -0.0226. The predicted molar refractivity (Wildman–Crippen MR) is 129 cm³/mol. The second-order valence-corrected chi connectivity index (χ2v) is 7.63. The Balaban J connectivity index is -0.00000104. The molecule has 0 aromatic rings. The molecule has 0 atom stereocenters. The second-order valence-electron chi connectivity index (χ2n) is 6.85. The van der Waals surface area contributed by atoms with Gasteiger partial charge in [-0.05, 0) is 37.3 Å². The Labute approximate surface area is 190 Å². The summed E-state index contributed by atoms with van der Waals surface area (Å²) >= 11 is 8.84. The van der Waals surface area contributed by atoms with E-state index >= 15 is 0 Å². The van der Waals surface area contributed by atoms with E-state index < -0.39 is 5.17 Å². The summed E-state index contributed by atoms with van der Waals surface area (Å²) in [7, 11) is 0. The van der Waals surface area contributed by atoms with Gasteiger partial charge in [0.15, 0.2) is 0 Å². The first-order valence-corrected chi connectivity index (χ1v) is 11.2. The summed E-state index contributed by atoms with van der Waals surface area (Å²) in [5.74, 6) is 0. The van der Waals surface area contributed by atoms with Crippen LogP contribution >= 0.6 is 24.4 Å². The van der Waals surface area contributed by atoms with Crippen LogP contribution in [0.4, 0.5) is 0 Å². The van der Waals surface area contributed by atoms with Crippen LogP contribution in [0.5, 0.6) is 0 Å². The zero-order valence-electron chi connectivity index (χ0n) is 17.0. The van der Waals surface area contributed by atoms with Gasteiger partial charge >= 0.3 is 18.9 Å². The fraction of sp³-hybridized carbons (Fsp3) is 0.900. The van der Waals surface area contributed by atoms with Crippen molar-refractivity contribution in [1.29, 1.82) is 0 Å². The van der Waals surface area contributed by atoms with E-state index in [1.54, 1.807) is 0 Å². The van der Waals surface area contributed by atoms with Crippen LogP contribution in [0.1, 0.15) is 104 Å². The van der Waals surface area contributed by atoms with E-state index in [4.69, 9.17) is 17.3 Å². The molecule has 4 nitrogen and oxygen atoms in total. The Morgan fingerprint density at radius 1 is 0.667 bits per heavy atom. The molecule has 4 N–H and O–H groups in total. The van der Waals surface area contributed by atoms with Gasteiger partial charge in [-0.3, -0.25) is 0 Å². The predicted octanol–water partition coefficient (Wildman–Crippen LogP) is 5.77. The van der Waals surface area contributed by atoms with Crippen LogP contribution in [-0.2, 0) is 0 Å². The van der Waals surface area contributed by atoms with Gasteiger partial charge in [0.25, 0.3) is 10.3 Å². The SMILES string of the molecule is CCCCCCCCCN(CCCCCCCCC)C(O)=S.NC(O)=S.[LiH]. The first-order chi connectivity index (χ1) is 12.5. The van der Waals surface area contributed by atoms with Gasteiger partial charge in [-0.1, -0.05) is 90.9 Å². The number of aliphatic hydroxyl groups is 2. The molecule has 0 aliphatic heterocycles. The third-order valence-corrected chi connectivity index (χ3v) is 4.59. The van der Waals surface area contributed by atoms with E-state index in [0.29, 0.717) is 0 Å². The molecule has 0 amide bonds. The monoisotopic (exact) mass is 414 g/mol. The van der Waals surface area contributed by atoms with E-state index in [0.717, 1.165) is 25.9 Å². The van der Waals surface area contributed by atoms with Gasteiger partial charge in [-0.25, -0.2) is 0 Å². The van der Waals surface area contributed by atoms with Gasteiger partial charge < -0.3 is 20.8 Å². The number of thiocarbonyl (C=S) groups is 2. The first-order valence-electron chi connectivity index (χ1n) is 10.4. The summed E-state index contributed by atoms with van der Waals surface area (Å²) in [5, 5.41) is 16.8. The Morgan fingerprint density at radius 2 is 0.926 bits per heavy atom. The van der Waals surface area contributed by atoms with Gasteiger partial charge in [0.1, 0.15) is 0 Å². The van der Waals surface area contributed by atoms with E-state index in [1.165, 1.54) is 77.0 Å². The quantitative estimate of drug-likeness (QED) is 0.169. The summed E-state index contributed by atoms with van der Waals surface area (Å²) in [6.45, 7) is 6.37. The number of aliphatic hydroxyl groups excluding tert-OH is 2. The molecule has 0 bridgehead atoms. The number of hydrogen-bond donors (Lipinski definition) is 3. The summed E-state index contributed by atoms with van der Waals surface area (Å²) < 4.78 is 0. The van der Waals surface area contributed by atoms with Crippen LogP contribution in [0.15, 0.2) is 0 Å². The Morgan fingerprint density at radius 3 is 1.19 bits per heavy atom. The van der Waals surface area contributed by atoms with Crippen molar-refractivity contribution in [1.82, 2.24) is 4.90 Å². The molecule has 27 heavy (non-hydrogen) atoms. The molecule has 0 aliphatic rings. The molecule has 0 saturated heterocycles. The normalized spacial score (nSPS) is 9.70. The molecule has 7 heteroatoms. The van der Waals surface area contributed by atoms with Crippen molar-refractivity contribution in [3.63, 3.8) is 0 Å². The van der Waals surface area contributed by atoms with Gasteiger partial charge in [-0.2, -0.15) is 0 Å². The van der Waals surface area contributed by atoms with E-state index in [-0.39, 0.29) is 24.0 Å². The Kier molecular flexibility index (Phi) is 30.5. The van der Waals surface area contributed by atoms with E-state index in [2.05, 4.69) is 31.8 Å². The van der Waals surface area contributed by atoms with Gasteiger partial charge in [-0.15, -0.1) is 0 Å². The molecule has 0 aromatic carbocycles. The van der Waals surface area contributed by atoms with Gasteiger partial charge in [0, 0.05) is 13.1 Å². The summed E-state index contributed by atoms with van der Waals surface area (Å²) in [4.78, 5) is 1.99. The average molecular weight is 415 g/mol. The first kappa shape index (κ1) is 31.7. The minimum absolute atomic E-state index is 0. The van der Waals surface area contributed by atoms with Crippen LogP contribution in [-0.4, -0.2) is 57.4 Å². The average Bonchev–Trinajstić information content (AvgIpc) is 2.57. The number of rotatable bonds is 16. The number of hydrogen-bond acceptors (Lipinski definition) is 2. The number of nitrogens with two attached hydrogens (primary N) is 1. The van der Waals surface area contributed by atoms with Crippen LogP contribution in [0.3, 0.4) is 0 Å². The van der Waals surface area contributed by atoms with Crippen molar-refractivity contribution in [2.75, 3.05) is 13.1 Å². The van der Waals surface area contributed by atoms with Crippen LogP contribution in [0.2, 0.25) is 0 Å². The third-order valence-electron chi connectivity index (χ3n) is 4.33. The second kappa shape index (κ2) is 26.0. The maximum atomic E-state index is 9.61. The zero-order valence-corrected chi connectivity index (χ0v) is 18.7. The fourth-order valence-corrected chi connectivity index (χ4v) is 3.01. The van der Waals surface area contributed by atoms with Crippen LogP contribution in [0, 0.1) is 0 Å². The molecular weight excluding hydrogens is 371 g/mol. The number of unbranched alkanes of at least 4 members (excludes halogenated alkanes) is 12. The molecule has 0 heterocycles. The third kappa shape index (κ3) is 30.9. The van der Waals surface area contributed by atoms with Crippen molar-refractivity contribution in [2.45, 2.75) is 104 Å². The molecule has 0 unspecified atom stereocenters. The fourth-order valence-electron chi connectivity index (χ4n) is 2.82. The molecule has 0 saturated carbocycles. The van der Waals surface area contributed by atoms with Crippen molar-refractivity contribution in [3.8, 4) is 0 Å². The van der Waals surface area contributed by atoms with Crippen molar-refractivity contribution in [3.05, 3.63) is 0 Å². The molecule has 0 rings (SSSR count). The van der Waals surface area contributed by atoms with E-state index in [9.17, 15) is 5.11 Å². The zero-order chi connectivity index (χ0) is 20.0. The standard InChI is InChI=1S/C19H39NOS.CH3NOS.Li.H/c1-3-5-7-9-11-13-15-17-20(19(21)22)18-16-14-12-10-8-6-4-2;2-1(3)4;;/h3-18H2,1-2H3,(H,21,22);(H3,2,3,4);;. The van der Waals surface area contributed by atoms with Crippen LogP contribution in [0.25, 0.3) is 0 Å². The number of nitrogens with zero attached hydrogens (tertiary/aromatic N) is 1. The summed E-state index contributed by atoms with van der Waals surface area (Å²) in [6.07, 6.45) is 18.3. The van der Waals surface area contributed by atoms with Crippen molar-refractivity contribution in [2.24, 2.45) is 5.73 Å². The molecule has 0 aliphatic carbocycles. The summed E-state index contributed by atoms with van der Waals surface area (Å²) in [6, 6.07) is 0. The molecular formula is C20H43LiN2O2S2. The molecule has 0 spiro atoms.